The monoisotopic (exact) mass is 575 g/mol. The van der Waals surface area contributed by atoms with Gasteiger partial charge in [-0.05, 0) is 19.9 Å². The van der Waals surface area contributed by atoms with Crippen molar-refractivity contribution >= 4 is 51.6 Å². The summed E-state index contributed by atoms with van der Waals surface area (Å²) in [6, 6.07) is 3.43. The van der Waals surface area contributed by atoms with Crippen molar-refractivity contribution in [2.75, 3.05) is 58.7 Å². The molecule has 0 aromatic carbocycles. The third kappa shape index (κ3) is 9.08. The van der Waals surface area contributed by atoms with Crippen LogP contribution in [0, 0.1) is 0 Å². The van der Waals surface area contributed by atoms with Crippen molar-refractivity contribution in [3.05, 3.63) is 23.4 Å². The number of ether oxygens (including phenoxy) is 2. The molecular formula is C18H31ClIN5O4S. The van der Waals surface area contributed by atoms with E-state index in [0.717, 1.165) is 5.96 Å². The molecule has 1 saturated heterocycles. The van der Waals surface area contributed by atoms with Crippen molar-refractivity contribution in [1.82, 2.24) is 19.5 Å². The van der Waals surface area contributed by atoms with E-state index in [2.05, 4.69) is 15.3 Å². The molecule has 172 valence electrons. The van der Waals surface area contributed by atoms with E-state index in [0.29, 0.717) is 50.2 Å². The molecule has 1 aliphatic heterocycles. The van der Waals surface area contributed by atoms with E-state index in [4.69, 9.17) is 21.1 Å². The van der Waals surface area contributed by atoms with Crippen LogP contribution in [-0.2, 0) is 14.8 Å². The van der Waals surface area contributed by atoms with Gasteiger partial charge in [0.15, 0.2) is 5.96 Å². The van der Waals surface area contributed by atoms with Gasteiger partial charge in [-0.15, -0.1) is 24.0 Å². The lowest BCUT2D eigenvalue weighted by atomic mass is 10.4. The number of hydrogen-bond acceptors (Lipinski definition) is 6. The summed E-state index contributed by atoms with van der Waals surface area (Å²) in [5.41, 5.74) is 0. The Morgan fingerprint density at radius 2 is 1.97 bits per heavy atom. The van der Waals surface area contributed by atoms with Gasteiger partial charge >= 0.3 is 0 Å². The van der Waals surface area contributed by atoms with Crippen LogP contribution in [-0.4, -0.2) is 93.4 Å². The molecule has 0 amide bonds. The molecule has 0 bridgehead atoms. The summed E-state index contributed by atoms with van der Waals surface area (Å²) in [7, 11) is -1.60. The molecule has 2 heterocycles. The van der Waals surface area contributed by atoms with Gasteiger partial charge in [0.1, 0.15) is 6.61 Å². The fraction of sp³-hybridized carbons (Fsp3) is 0.667. The summed E-state index contributed by atoms with van der Waals surface area (Å²) in [6.07, 6.45) is 1.56. The first-order chi connectivity index (χ1) is 13.8. The van der Waals surface area contributed by atoms with Gasteiger partial charge in [-0.25, -0.2) is 13.4 Å². The quantitative estimate of drug-likeness (QED) is 0.207. The zero-order chi connectivity index (χ0) is 21.3. The highest BCUT2D eigenvalue weighted by molar-refractivity contribution is 14.0. The first-order valence-corrected chi connectivity index (χ1v) is 11.6. The van der Waals surface area contributed by atoms with Crippen molar-refractivity contribution in [1.29, 1.82) is 0 Å². The first kappa shape index (κ1) is 27.1. The minimum absolute atomic E-state index is 0. The average Bonchev–Trinajstić information content (AvgIpc) is 2.69. The highest BCUT2D eigenvalue weighted by atomic mass is 127. The van der Waals surface area contributed by atoms with E-state index in [1.54, 1.807) is 19.2 Å². The zero-order valence-electron chi connectivity index (χ0n) is 17.6. The summed E-state index contributed by atoms with van der Waals surface area (Å²) >= 11 is 5.80. The molecule has 0 atom stereocenters. The normalized spacial score (nSPS) is 15.8. The lowest BCUT2D eigenvalue weighted by Gasteiger charge is -2.35. The largest absolute Gasteiger partial charge is 0.476 e. The fourth-order valence-electron chi connectivity index (χ4n) is 2.79. The maximum absolute atomic E-state index is 12.4. The van der Waals surface area contributed by atoms with Gasteiger partial charge in [-0.1, -0.05) is 11.6 Å². The molecule has 1 fully saturated rings. The second-order valence-corrected chi connectivity index (χ2v) is 9.28. The third-order valence-electron chi connectivity index (χ3n) is 4.27. The topological polar surface area (TPSA) is 96.4 Å². The predicted molar refractivity (Wildman–Crippen MR) is 130 cm³/mol. The minimum atomic E-state index is -3.30. The van der Waals surface area contributed by atoms with Crippen molar-refractivity contribution in [3.63, 3.8) is 0 Å². The van der Waals surface area contributed by atoms with Crippen LogP contribution < -0.4 is 10.1 Å². The number of hydrogen-bond donors (Lipinski definition) is 1. The van der Waals surface area contributed by atoms with Crippen LogP contribution in [0.4, 0.5) is 0 Å². The average molecular weight is 576 g/mol. The smallest absolute Gasteiger partial charge is 0.216 e. The molecular weight excluding hydrogens is 545 g/mol. The summed E-state index contributed by atoms with van der Waals surface area (Å²) < 4.78 is 37.3. The van der Waals surface area contributed by atoms with E-state index in [9.17, 15) is 8.42 Å². The van der Waals surface area contributed by atoms with Gasteiger partial charge < -0.3 is 19.7 Å². The van der Waals surface area contributed by atoms with E-state index in [-0.39, 0.29) is 42.4 Å². The lowest BCUT2D eigenvalue weighted by molar-refractivity contribution is 0.0904. The Balaban J connectivity index is 0.00000450. The number of halogens is 2. The van der Waals surface area contributed by atoms with E-state index in [1.165, 1.54) is 10.5 Å². The van der Waals surface area contributed by atoms with Gasteiger partial charge in [0, 0.05) is 45.5 Å². The van der Waals surface area contributed by atoms with Crippen molar-refractivity contribution in [2.45, 2.75) is 20.0 Å². The van der Waals surface area contributed by atoms with Crippen molar-refractivity contribution in [2.24, 2.45) is 4.99 Å². The van der Waals surface area contributed by atoms with E-state index >= 15 is 0 Å². The predicted octanol–water partition coefficient (Wildman–Crippen LogP) is 1.68. The second kappa shape index (κ2) is 13.5. The maximum atomic E-state index is 12.4. The number of aromatic nitrogens is 1. The molecule has 0 radical (unpaired) electrons. The number of guanidine groups is 1. The van der Waals surface area contributed by atoms with Crippen LogP contribution in [0.2, 0.25) is 5.02 Å². The summed E-state index contributed by atoms with van der Waals surface area (Å²) in [4.78, 5) is 10.4. The van der Waals surface area contributed by atoms with Crippen LogP contribution in [0.1, 0.15) is 13.8 Å². The number of nitrogens with zero attached hydrogens (tertiary/aromatic N) is 4. The summed E-state index contributed by atoms with van der Waals surface area (Å²) in [5.74, 6) is 1.23. The Labute approximate surface area is 201 Å². The van der Waals surface area contributed by atoms with Gasteiger partial charge in [0.2, 0.25) is 15.9 Å². The molecule has 1 aromatic heterocycles. The van der Waals surface area contributed by atoms with Crippen LogP contribution in [0.5, 0.6) is 5.88 Å². The number of pyridine rings is 1. The van der Waals surface area contributed by atoms with Gasteiger partial charge in [0.25, 0.3) is 0 Å². The molecule has 0 saturated carbocycles. The Hall–Kier alpha value is -0.890. The molecule has 0 aliphatic carbocycles. The zero-order valence-corrected chi connectivity index (χ0v) is 21.5. The van der Waals surface area contributed by atoms with Crippen molar-refractivity contribution in [3.8, 4) is 5.88 Å². The number of sulfonamides is 1. The van der Waals surface area contributed by atoms with Crippen LogP contribution in [0.25, 0.3) is 0 Å². The van der Waals surface area contributed by atoms with E-state index < -0.39 is 10.0 Å². The standard InChI is InChI=1S/C18H30ClN5O4S.HI/c1-15(2)27-12-13-29(25,26)24-9-7-23(8-10-24)18(20-3)21-6-11-28-17-5-4-16(19)14-22-17;/h4-5,14-15H,6-13H2,1-3H3,(H,20,21);1H. The molecule has 0 unspecified atom stereocenters. The molecule has 9 nitrogen and oxygen atoms in total. The lowest BCUT2D eigenvalue weighted by Crippen LogP contribution is -2.54. The summed E-state index contributed by atoms with van der Waals surface area (Å²) in [6.45, 7) is 6.95. The molecule has 0 spiro atoms. The van der Waals surface area contributed by atoms with Gasteiger partial charge in [-0.3, -0.25) is 4.99 Å². The Morgan fingerprint density at radius 3 is 2.53 bits per heavy atom. The first-order valence-electron chi connectivity index (χ1n) is 9.61. The molecule has 30 heavy (non-hydrogen) atoms. The molecule has 1 aromatic rings. The molecule has 1 aliphatic rings. The van der Waals surface area contributed by atoms with Crippen molar-refractivity contribution < 1.29 is 17.9 Å². The molecule has 12 heteroatoms. The highest BCUT2D eigenvalue weighted by Gasteiger charge is 2.27. The number of rotatable bonds is 9. The summed E-state index contributed by atoms with van der Waals surface area (Å²) in [5, 5.41) is 3.79. The number of aliphatic imine (C=N–C) groups is 1. The SMILES string of the molecule is CN=C(NCCOc1ccc(Cl)cn1)N1CCN(S(=O)(=O)CCOC(C)C)CC1.I. The highest BCUT2D eigenvalue weighted by Crippen LogP contribution is 2.11. The van der Waals surface area contributed by atoms with E-state index in [1.807, 2.05) is 18.7 Å². The molecule has 2 rings (SSSR count). The van der Waals surface area contributed by atoms with Crippen LogP contribution >= 0.6 is 35.6 Å². The van der Waals surface area contributed by atoms with Gasteiger partial charge in [-0.2, -0.15) is 4.31 Å². The Bertz CT molecular complexity index is 756. The second-order valence-electron chi connectivity index (χ2n) is 6.76. The number of nitrogens with one attached hydrogen (secondary N) is 1. The maximum Gasteiger partial charge on any atom is 0.216 e. The Morgan fingerprint density at radius 1 is 1.27 bits per heavy atom. The minimum Gasteiger partial charge on any atom is -0.476 e. The third-order valence-corrected chi connectivity index (χ3v) is 6.33. The van der Waals surface area contributed by atoms with Crippen LogP contribution in [0.3, 0.4) is 0 Å². The number of piperazine rings is 1. The van der Waals surface area contributed by atoms with Crippen LogP contribution in [0.15, 0.2) is 23.3 Å². The van der Waals surface area contributed by atoms with Gasteiger partial charge in [0.05, 0.1) is 30.0 Å². The molecule has 1 N–H and O–H groups in total. The Kier molecular flexibility index (Phi) is 12.2. The fourth-order valence-corrected chi connectivity index (χ4v) is 4.19.